The molecule has 0 spiro atoms. The maximum Gasteiger partial charge on any atom is 0.126 e. The van der Waals surface area contributed by atoms with Gasteiger partial charge in [0, 0.05) is 30.9 Å². The first-order chi connectivity index (χ1) is 12.3. The number of imidazole rings is 1. The van der Waals surface area contributed by atoms with E-state index in [1.54, 1.807) is 7.11 Å². The van der Waals surface area contributed by atoms with Crippen LogP contribution in [0.5, 0.6) is 11.5 Å². The smallest absolute Gasteiger partial charge is 0.126 e. The van der Waals surface area contributed by atoms with Crippen molar-refractivity contribution in [1.29, 1.82) is 0 Å². The van der Waals surface area contributed by atoms with E-state index in [1.807, 2.05) is 30.9 Å². The van der Waals surface area contributed by atoms with E-state index in [2.05, 4.69) is 39.9 Å². The van der Waals surface area contributed by atoms with E-state index in [0.29, 0.717) is 5.92 Å². The number of nitrogens with zero attached hydrogens (tertiary/aromatic N) is 2. The molecule has 0 saturated carbocycles. The predicted molar refractivity (Wildman–Crippen MR) is 97.2 cm³/mol. The highest BCUT2D eigenvalue weighted by atomic mass is 16.5. The number of fused-ring (bicyclic) bond motifs is 1. The summed E-state index contributed by atoms with van der Waals surface area (Å²) in [4.78, 5) is 4.08. The van der Waals surface area contributed by atoms with Crippen LogP contribution in [0.25, 0.3) is 0 Å². The van der Waals surface area contributed by atoms with Crippen molar-refractivity contribution >= 4 is 0 Å². The molecule has 0 N–H and O–H groups in total. The molecule has 0 saturated heterocycles. The third-order valence-electron chi connectivity index (χ3n) is 4.73. The Bertz CT molecular complexity index is 826. The molecule has 1 aliphatic rings. The molecule has 1 aromatic heterocycles. The van der Waals surface area contributed by atoms with Gasteiger partial charge in [0.15, 0.2) is 0 Å². The lowest BCUT2D eigenvalue weighted by molar-refractivity contribution is 0.220. The summed E-state index contributed by atoms with van der Waals surface area (Å²) in [6, 6.07) is 15.0. The van der Waals surface area contributed by atoms with Crippen molar-refractivity contribution in [3.05, 3.63) is 77.9 Å². The molecule has 0 fully saturated rings. The monoisotopic (exact) mass is 334 g/mol. The molecule has 0 unspecified atom stereocenters. The summed E-state index contributed by atoms with van der Waals surface area (Å²) in [7, 11) is 1.68. The summed E-state index contributed by atoms with van der Waals surface area (Å²) >= 11 is 0. The Morgan fingerprint density at radius 3 is 2.76 bits per heavy atom. The van der Waals surface area contributed by atoms with E-state index < -0.39 is 0 Å². The zero-order valence-electron chi connectivity index (χ0n) is 14.4. The van der Waals surface area contributed by atoms with Crippen molar-refractivity contribution in [3.63, 3.8) is 0 Å². The zero-order valence-corrected chi connectivity index (χ0v) is 14.4. The normalized spacial score (nSPS) is 16.1. The minimum Gasteiger partial charge on any atom is -0.497 e. The van der Waals surface area contributed by atoms with E-state index in [4.69, 9.17) is 9.47 Å². The van der Waals surface area contributed by atoms with E-state index in [9.17, 15) is 0 Å². The molecule has 0 aliphatic carbocycles. The largest absolute Gasteiger partial charge is 0.497 e. The average molecular weight is 334 g/mol. The van der Waals surface area contributed by atoms with E-state index in [-0.39, 0.29) is 0 Å². The van der Waals surface area contributed by atoms with Crippen LogP contribution < -0.4 is 9.47 Å². The molecule has 25 heavy (non-hydrogen) atoms. The summed E-state index contributed by atoms with van der Waals surface area (Å²) in [5.74, 6) is 2.33. The van der Waals surface area contributed by atoms with E-state index in [0.717, 1.165) is 37.5 Å². The van der Waals surface area contributed by atoms with Crippen molar-refractivity contribution in [2.24, 2.45) is 5.92 Å². The second-order valence-electron chi connectivity index (χ2n) is 6.61. The Hall–Kier alpha value is -2.75. The number of hydrogen-bond acceptors (Lipinski definition) is 3. The van der Waals surface area contributed by atoms with Crippen LogP contribution in [-0.2, 0) is 19.4 Å². The molecule has 2 aromatic carbocycles. The van der Waals surface area contributed by atoms with Gasteiger partial charge in [0.25, 0.3) is 0 Å². The van der Waals surface area contributed by atoms with Gasteiger partial charge < -0.3 is 14.0 Å². The Kier molecular flexibility index (Phi) is 4.42. The summed E-state index contributed by atoms with van der Waals surface area (Å²) in [5.41, 5.74) is 3.92. The molecular formula is C21H22N2O2. The molecule has 0 bridgehead atoms. The Morgan fingerprint density at radius 2 is 2.00 bits per heavy atom. The highest BCUT2D eigenvalue weighted by Crippen LogP contribution is 2.32. The molecule has 4 nitrogen and oxygen atoms in total. The minimum atomic E-state index is 0.514. The van der Waals surface area contributed by atoms with Crippen LogP contribution in [-0.4, -0.2) is 23.3 Å². The first-order valence-corrected chi connectivity index (χ1v) is 8.63. The number of aromatic nitrogens is 2. The van der Waals surface area contributed by atoms with Crippen molar-refractivity contribution in [2.75, 3.05) is 13.7 Å². The molecule has 4 rings (SSSR count). The van der Waals surface area contributed by atoms with Crippen LogP contribution in [0, 0.1) is 5.92 Å². The third-order valence-corrected chi connectivity index (χ3v) is 4.73. The van der Waals surface area contributed by atoms with Gasteiger partial charge in [0.05, 0.1) is 20.0 Å². The fourth-order valence-electron chi connectivity index (χ4n) is 3.38. The Labute approximate surface area is 148 Å². The van der Waals surface area contributed by atoms with Gasteiger partial charge in [-0.3, -0.25) is 0 Å². The number of rotatable bonds is 5. The molecule has 2 heterocycles. The van der Waals surface area contributed by atoms with Crippen LogP contribution in [0.15, 0.2) is 61.2 Å². The predicted octanol–water partition coefficient (Wildman–Crippen LogP) is 3.73. The first kappa shape index (κ1) is 15.8. The van der Waals surface area contributed by atoms with Gasteiger partial charge in [0.1, 0.15) is 11.5 Å². The van der Waals surface area contributed by atoms with Crippen LogP contribution >= 0.6 is 0 Å². The Balaban J connectivity index is 1.39. The molecular weight excluding hydrogens is 312 g/mol. The molecule has 0 amide bonds. The summed E-state index contributed by atoms with van der Waals surface area (Å²) < 4.78 is 13.3. The first-order valence-electron chi connectivity index (χ1n) is 8.63. The van der Waals surface area contributed by atoms with Crippen molar-refractivity contribution < 1.29 is 9.47 Å². The zero-order chi connectivity index (χ0) is 17.1. The maximum atomic E-state index is 5.95. The van der Waals surface area contributed by atoms with E-state index >= 15 is 0 Å². The lowest BCUT2D eigenvalue weighted by Gasteiger charge is -2.25. The van der Waals surface area contributed by atoms with Crippen LogP contribution in [0.4, 0.5) is 0 Å². The van der Waals surface area contributed by atoms with Crippen molar-refractivity contribution in [1.82, 2.24) is 9.55 Å². The Morgan fingerprint density at radius 1 is 1.16 bits per heavy atom. The molecule has 1 atom stereocenters. The maximum absolute atomic E-state index is 5.95. The lowest BCUT2D eigenvalue weighted by Crippen LogP contribution is -2.22. The number of methoxy groups -OCH3 is 1. The molecule has 1 aliphatic heterocycles. The molecule has 4 heteroatoms. The van der Waals surface area contributed by atoms with Crippen LogP contribution in [0.1, 0.15) is 16.7 Å². The van der Waals surface area contributed by atoms with Gasteiger partial charge >= 0.3 is 0 Å². The second-order valence-corrected chi connectivity index (χ2v) is 6.61. The third kappa shape index (κ3) is 3.68. The van der Waals surface area contributed by atoms with Gasteiger partial charge in [-0.2, -0.15) is 0 Å². The van der Waals surface area contributed by atoms with Gasteiger partial charge in [-0.25, -0.2) is 4.98 Å². The highest BCUT2D eigenvalue weighted by molar-refractivity contribution is 5.42. The summed E-state index contributed by atoms with van der Waals surface area (Å²) in [6.45, 7) is 1.62. The number of benzene rings is 2. The SMILES string of the molecule is COc1ccc2c(c1)OC[C@H](Cc1ccc(Cn3ccnc3)cc1)C2. The molecule has 0 radical (unpaired) electrons. The standard InChI is InChI=1S/C21H22N2O2/c1-24-20-7-6-19-11-18(14-25-21(19)12-20)10-16-2-4-17(5-3-16)13-23-9-8-22-15-23/h2-9,12,15,18H,10-11,13-14H2,1H3/t18-/m1/s1. The van der Waals surface area contributed by atoms with E-state index in [1.165, 1.54) is 16.7 Å². The van der Waals surface area contributed by atoms with Gasteiger partial charge in [-0.05, 0) is 35.6 Å². The van der Waals surface area contributed by atoms with Gasteiger partial charge in [0.2, 0.25) is 0 Å². The van der Waals surface area contributed by atoms with Gasteiger partial charge in [-0.1, -0.05) is 30.3 Å². The highest BCUT2D eigenvalue weighted by Gasteiger charge is 2.20. The average Bonchev–Trinajstić information content (AvgIpc) is 3.16. The number of ether oxygens (including phenoxy) is 2. The van der Waals surface area contributed by atoms with Crippen molar-refractivity contribution in [3.8, 4) is 11.5 Å². The number of hydrogen-bond donors (Lipinski definition) is 0. The van der Waals surface area contributed by atoms with Crippen LogP contribution in [0.2, 0.25) is 0 Å². The van der Waals surface area contributed by atoms with Crippen molar-refractivity contribution in [2.45, 2.75) is 19.4 Å². The lowest BCUT2D eigenvalue weighted by atomic mass is 9.90. The molecule has 3 aromatic rings. The topological polar surface area (TPSA) is 36.3 Å². The van der Waals surface area contributed by atoms with Gasteiger partial charge in [-0.15, -0.1) is 0 Å². The quantitative estimate of drug-likeness (QED) is 0.713. The minimum absolute atomic E-state index is 0.514. The summed E-state index contributed by atoms with van der Waals surface area (Å²) in [5, 5.41) is 0. The second kappa shape index (κ2) is 7.01. The fourth-order valence-corrected chi connectivity index (χ4v) is 3.38. The fraction of sp³-hybridized carbons (Fsp3) is 0.286. The van der Waals surface area contributed by atoms with Crippen LogP contribution in [0.3, 0.4) is 0 Å². The summed E-state index contributed by atoms with van der Waals surface area (Å²) in [6.07, 6.45) is 7.73. The molecule has 128 valence electrons.